The summed E-state index contributed by atoms with van der Waals surface area (Å²) < 4.78 is 0. The van der Waals surface area contributed by atoms with Crippen molar-refractivity contribution in [2.45, 2.75) is 0 Å². The van der Waals surface area contributed by atoms with Gasteiger partial charge in [0.05, 0.1) is 22.8 Å². The smallest absolute Gasteiger partial charge is 0.195 e. The summed E-state index contributed by atoms with van der Waals surface area (Å²) in [6, 6.07) is 32.7. The zero-order valence-corrected chi connectivity index (χ0v) is 27.5. The number of carbonyl (C=O) groups excluding carboxylic acids is 1. The number of fused-ring (bicyclic) bond motifs is 8. The summed E-state index contributed by atoms with van der Waals surface area (Å²) in [7, 11) is 0. The van der Waals surface area contributed by atoms with Crippen LogP contribution in [0.1, 0.15) is 28.3 Å². The fraction of sp³-hybridized carbons (Fsp3) is 0. The third-order valence-corrected chi connectivity index (χ3v) is 9.39. The number of ketones is 1. The molecule has 0 unspecified atom stereocenters. The summed E-state index contributed by atoms with van der Waals surface area (Å²) in [5.74, 6) is -0.905. The first-order valence-electron chi connectivity index (χ1n) is 16.7. The lowest BCUT2D eigenvalue weighted by Gasteiger charge is -2.11. The quantitative estimate of drug-likeness (QED) is 0.118. The number of phenolic OH excluding ortho intramolecular Hbond substituents is 2. The van der Waals surface area contributed by atoms with E-state index in [9.17, 15) is 20.1 Å². The molecular formula is C44H29N4O4. The van der Waals surface area contributed by atoms with E-state index in [-0.39, 0.29) is 17.6 Å². The molecule has 0 amide bonds. The molecule has 3 aliphatic rings. The minimum Gasteiger partial charge on any atom is -0.504 e. The van der Waals surface area contributed by atoms with Gasteiger partial charge in [-0.2, -0.15) is 0 Å². The normalized spacial score (nSPS) is 13.9. The minimum absolute atomic E-state index is 0.212. The molecule has 3 aromatic carbocycles. The molecule has 1 radical (unpaired) electrons. The Kier molecular flexibility index (Phi) is 7.38. The van der Waals surface area contributed by atoms with Gasteiger partial charge in [-0.1, -0.05) is 72.8 Å². The van der Waals surface area contributed by atoms with Gasteiger partial charge in [-0.25, -0.2) is 9.97 Å². The van der Waals surface area contributed by atoms with E-state index in [4.69, 9.17) is 9.97 Å². The third-order valence-electron chi connectivity index (χ3n) is 9.39. The maximum Gasteiger partial charge on any atom is 0.195 e. The van der Waals surface area contributed by atoms with Gasteiger partial charge in [0.25, 0.3) is 0 Å². The van der Waals surface area contributed by atoms with E-state index in [1.165, 1.54) is 18.2 Å². The molecule has 5 N–H and O–H groups in total. The van der Waals surface area contributed by atoms with Crippen molar-refractivity contribution >= 4 is 57.7 Å². The number of benzene rings is 3. The molecule has 9 rings (SSSR count). The Labute approximate surface area is 297 Å². The maximum atomic E-state index is 12.3. The van der Waals surface area contributed by atoms with Gasteiger partial charge in [0.15, 0.2) is 23.4 Å². The van der Waals surface area contributed by atoms with E-state index >= 15 is 0 Å². The summed E-state index contributed by atoms with van der Waals surface area (Å²) >= 11 is 0. The van der Waals surface area contributed by atoms with Gasteiger partial charge < -0.3 is 25.3 Å². The number of allylic oxidation sites excluding steroid dienone is 2. The molecule has 0 saturated carbocycles. The lowest BCUT2D eigenvalue weighted by Crippen LogP contribution is -2.10. The van der Waals surface area contributed by atoms with Crippen LogP contribution in [0.4, 0.5) is 0 Å². The highest BCUT2D eigenvalue weighted by atomic mass is 16.3. The summed E-state index contributed by atoms with van der Waals surface area (Å²) in [6.07, 6.45) is 12.1. The van der Waals surface area contributed by atoms with Crippen LogP contribution < -0.4 is 0 Å². The van der Waals surface area contributed by atoms with Gasteiger partial charge in [-0.05, 0) is 95.1 Å². The van der Waals surface area contributed by atoms with E-state index < -0.39 is 5.78 Å². The minimum atomic E-state index is -0.459. The van der Waals surface area contributed by atoms with Crippen molar-refractivity contribution in [3.8, 4) is 44.9 Å². The number of aliphatic hydroxyl groups is 1. The summed E-state index contributed by atoms with van der Waals surface area (Å²) in [6.45, 7) is 0. The molecule has 6 aromatic rings. The zero-order valence-electron chi connectivity index (χ0n) is 27.5. The van der Waals surface area contributed by atoms with E-state index in [1.54, 1.807) is 18.2 Å². The largest absolute Gasteiger partial charge is 0.504 e. The van der Waals surface area contributed by atoms with Crippen molar-refractivity contribution < 1.29 is 20.1 Å². The fourth-order valence-corrected chi connectivity index (χ4v) is 6.98. The molecule has 8 bridgehead atoms. The first-order chi connectivity index (χ1) is 25.4. The molecular weight excluding hydrogens is 649 g/mol. The van der Waals surface area contributed by atoms with Crippen LogP contribution in [0.15, 0.2) is 121 Å². The Hall–Kier alpha value is -7.03. The Bertz CT molecular complexity index is 2700. The molecule has 249 valence electrons. The predicted molar refractivity (Wildman–Crippen MR) is 206 cm³/mol. The van der Waals surface area contributed by atoms with Gasteiger partial charge in [0.2, 0.25) is 0 Å². The number of H-pyrrole nitrogens is 2. The van der Waals surface area contributed by atoms with Crippen molar-refractivity contribution in [1.82, 2.24) is 19.9 Å². The number of nitrogens with zero attached hydrogens (tertiary/aromatic N) is 2. The van der Waals surface area contributed by atoms with Crippen molar-refractivity contribution in [3.63, 3.8) is 0 Å². The Morgan fingerprint density at radius 1 is 0.442 bits per heavy atom. The monoisotopic (exact) mass is 677 g/mol. The Balaban J connectivity index is 1.47. The van der Waals surface area contributed by atoms with Crippen molar-refractivity contribution in [1.29, 1.82) is 0 Å². The van der Waals surface area contributed by atoms with Gasteiger partial charge in [0, 0.05) is 44.3 Å². The Morgan fingerprint density at radius 2 is 0.904 bits per heavy atom. The molecule has 0 saturated heterocycles. The van der Waals surface area contributed by atoms with Gasteiger partial charge in [0.1, 0.15) is 0 Å². The number of aromatic nitrogens is 4. The molecule has 2 aliphatic heterocycles. The topological polar surface area (TPSA) is 135 Å². The summed E-state index contributed by atoms with van der Waals surface area (Å²) in [5, 5.41) is 31.3. The van der Waals surface area contributed by atoms with Gasteiger partial charge in [-0.15, -0.1) is 0 Å². The highest BCUT2D eigenvalue weighted by Crippen LogP contribution is 2.39. The number of carbonyl (C=O) groups is 1. The van der Waals surface area contributed by atoms with Crippen LogP contribution in [0, 0.1) is 6.10 Å². The summed E-state index contributed by atoms with van der Waals surface area (Å²) in [5.41, 5.74) is 12.2. The second-order valence-corrected chi connectivity index (χ2v) is 12.6. The summed E-state index contributed by atoms with van der Waals surface area (Å²) in [4.78, 5) is 30.0. The van der Waals surface area contributed by atoms with Crippen molar-refractivity contribution in [2.75, 3.05) is 0 Å². The van der Waals surface area contributed by atoms with E-state index in [2.05, 4.69) is 9.97 Å². The first-order valence-corrected chi connectivity index (χ1v) is 16.7. The Morgan fingerprint density at radius 3 is 1.38 bits per heavy atom. The average Bonchev–Trinajstić information content (AvgIpc) is 4.00. The number of aliphatic hydroxyl groups excluding tert-OH is 1. The van der Waals surface area contributed by atoms with Crippen LogP contribution in [-0.2, 0) is 4.79 Å². The van der Waals surface area contributed by atoms with Crippen LogP contribution in [0.5, 0.6) is 11.5 Å². The van der Waals surface area contributed by atoms with E-state index in [1.807, 2.05) is 109 Å². The van der Waals surface area contributed by atoms with Gasteiger partial charge >= 0.3 is 0 Å². The van der Waals surface area contributed by atoms with Crippen molar-refractivity contribution in [2.24, 2.45) is 0 Å². The third kappa shape index (κ3) is 5.35. The molecule has 1 aliphatic carbocycles. The number of hydrogen-bond acceptors (Lipinski definition) is 6. The van der Waals surface area contributed by atoms with E-state index in [0.29, 0.717) is 39.5 Å². The molecule has 0 fully saturated rings. The molecule has 8 heteroatoms. The number of aromatic amines is 2. The lowest BCUT2D eigenvalue weighted by molar-refractivity contribution is -0.115. The molecule has 52 heavy (non-hydrogen) atoms. The number of phenols is 2. The van der Waals surface area contributed by atoms with Crippen LogP contribution in [0.25, 0.3) is 85.3 Å². The molecule has 3 aromatic heterocycles. The average molecular weight is 678 g/mol. The predicted octanol–water partition coefficient (Wildman–Crippen LogP) is 9.49. The van der Waals surface area contributed by atoms with E-state index in [0.717, 1.165) is 49.9 Å². The van der Waals surface area contributed by atoms with Crippen LogP contribution >= 0.6 is 0 Å². The standard InChI is InChI=1S/C44H29N4O4/c49-37-21-11-27(23-39(37)51)43-33-17-13-29(45-33)41(25-7-3-1-4-8-25)30-14-18-34(46-30)44(28-12-22-38(50)40(52)24-28)36-20-16-32(48-36)42(26-9-5-2-6-10-26)31-15-19-35(43)47-31/h1-24,45,48-49,51-52H. The molecule has 5 heterocycles. The zero-order chi connectivity index (χ0) is 35.3. The SMILES string of the molecule is O=C1C=CC(c2c3nc(c(-c4ccccc4)c4ccc([nH]4)c(-c4ccc(O)c(O)c4)c4nc(c(-c5ccccc5)c5ccc2[nH]5)C=C4)C=C3)=C[C]1O. The van der Waals surface area contributed by atoms with Crippen molar-refractivity contribution in [3.05, 3.63) is 156 Å². The maximum absolute atomic E-state index is 12.3. The number of nitrogens with one attached hydrogen (secondary N) is 2. The second kappa shape index (κ2) is 12.4. The van der Waals surface area contributed by atoms with Crippen LogP contribution in [-0.4, -0.2) is 41.0 Å². The molecule has 8 nitrogen and oxygen atoms in total. The number of aromatic hydroxyl groups is 2. The van der Waals surface area contributed by atoms with Gasteiger partial charge in [-0.3, -0.25) is 4.79 Å². The number of rotatable bonds is 4. The molecule has 0 atom stereocenters. The van der Waals surface area contributed by atoms with Crippen LogP contribution in [0.2, 0.25) is 0 Å². The van der Waals surface area contributed by atoms with Crippen LogP contribution in [0.3, 0.4) is 0 Å². The lowest BCUT2D eigenvalue weighted by atomic mass is 9.96. The highest BCUT2D eigenvalue weighted by Gasteiger charge is 2.22. The number of hydrogen-bond donors (Lipinski definition) is 5. The fourth-order valence-electron chi connectivity index (χ4n) is 6.98. The first kappa shape index (κ1) is 31.0. The second-order valence-electron chi connectivity index (χ2n) is 12.6. The molecule has 0 spiro atoms. The highest BCUT2D eigenvalue weighted by molar-refractivity contribution is 6.09.